The molecule has 0 spiro atoms. The molecule has 0 saturated carbocycles. The molecule has 1 N–H and O–H groups in total. The predicted octanol–water partition coefficient (Wildman–Crippen LogP) is 2.92. The van der Waals surface area contributed by atoms with Crippen molar-refractivity contribution in [2.24, 2.45) is 0 Å². The molecule has 0 bridgehead atoms. The highest BCUT2D eigenvalue weighted by Gasteiger charge is 2.16. The van der Waals surface area contributed by atoms with Crippen LogP contribution in [0.2, 0.25) is 0 Å². The summed E-state index contributed by atoms with van der Waals surface area (Å²) in [6, 6.07) is 18.9. The summed E-state index contributed by atoms with van der Waals surface area (Å²) in [4.78, 5) is 11.9. The van der Waals surface area contributed by atoms with Crippen LogP contribution in [0.5, 0.6) is 0 Å². The van der Waals surface area contributed by atoms with E-state index in [1.807, 2.05) is 48.5 Å². The number of aliphatic hydroxyl groups excluding tert-OH is 1. The minimum Gasteiger partial charge on any atom is -0.381 e. The van der Waals surface area contributed by atoms with E-state index in [2.05, 4.69) is 0 Å². The Morgan fingerprint density at radius 1 is 0.944 bits per heavy atom. The van der Waals surface area contributed by atoms with Crippen LogP contribution in [-0.4, -0.2) is 10.9 Å². The molecule has 1 atom stereocenters. The van der Waals surface area contributed by atoms with Gasteiger partial charge in [0.1, 0.15) is 6.10 Å². The molecular weight excluding hydrogens is 224 g/mol. The average Bonchev–Trinajstić information content (AvgIpc) is 2.46. The van der Waals surface area contributed by atoms with Crippen LogP contribution >= 0.6 is 0 Å². The molecule has 0 saturated heterocycles. The van der Waals surface area contributed by atoms with E-state index < -0.39 is 6.10 Å². The summed E-state index contributed by atoms with van der Waals surface area (Å²) < 4.78 is 0. The lowest BCUT2D eigenvalue weighted by Gasteiger charge is -2.09. The SMILES string of the molecule is O=C(CCc1ccccc1)[C@H](O)c1ccccc1. The highest BCUT2D eigenvalue weighted by atomic mass is 16.3. The molecule has 0 unspecified atom stereocenters. The maximum atomic E-state index is 11.9. The first-order chi connectivity index (χ1) is 8.77. The zero-order valence-electron chi connectivity index (χ0n) is 10.1. The third-order valence-corrected chi connectivity index (χ3v) is 2.92. The standard InChI is InChI=1S/C16H16O2/c17-15(12-11-13-7-3-1-4-8-13)16(18)14-9-5-2-6-10-14/h1-10,16,18H,11-12H2/t16-/m1/s1. The van der Waals surface area contributed by atoms with Gasteiger partial charge in [0, 0.05) is 6.42 Å². The summed E-state index contributed by atoms with van der Waals surface area (Å²) in [5, 5.41) is 9.92. The normalized spacial score (nSPS) is 12.1. The quantitative estimate of drug-likeness (QED) is 0.872. The Morgan fingerprint density at radius 3 is 2.11 bits per heavy atom. The number of hydrogen-bond acceptors (Lipinski definition) is 2. The molecule has 2 aromatic carbocycles. The second-order valence-corrected chi connectivity index (χ2v) is 4.27. The van der Waals surface area contributed by atoms with Crippen LogP contribution in [0.1, 0.15) is 23.7 Å². The van der Waals surface area contributed by atoms with Gasteiger partial charge in [-0.25, -0.2) is 0 Å². The number of rotatable bonds is 5. The minimum atomic E-state index is -1.00. The summed E-state index contributed by atoms with van der Waals surface area (Å²) in [7, 11) is 0. The molecule has 0 heterocycles. The van der Waals surface area contributed by atoms with Crippen LogP contribution in [-0.2, 0) is 11.2 Å². The summed E-state index contributed by atoms with van der Waals surface area (Å²) in [5.74, 6) is -0.134. The maximum absolute atomic E-state index is 11.9. The molecule has 0 aliphatic carbocycles. The Morgan fingerprint density at radius 2 is 1.50 bits per heavy atom. The van der Waals surface area contributed by atoms with E-state index >= 15 is 0 Å². The number of aliphatic hydroxyl groups is 1. The van der Waals surface area contributed by atoms with Crippen LogP contribution in [0.25, 0.3) is 0 Å². The number of Topliss-reactive ketones (excluding diaryl/α,β-unsaturated/α-hetero) is 1. The van der Waals surface area contributed by atoms with E-state index in [0.29, 0.717) is 18.4 Å². The van der Waals surface area contributed by atoms with Gasteiger partial charge in [-0.2, -0.15) is 0 Å². The van der Waals surface area contributed by atoms with Crippen LogP contribution in [0.15, 0.2) is 60.7 Å². The van der Waals surface area contributed by atoms with Crippen molar-refractivity contribution in [1.82, 2.24) is 0 Å². The van der Waals surface area contributed by atoms with Crippen molar-refractivity contribution < 1.29 is 9.90 Å². The van der Waals surface area contributed by atoms with Gasteiger partial charge in [-0.05, 0) is 17.5 Å². The molecule has 0 aromatic heterocycles. The van der Waals surface area contributed by atoms with Crippen LogP contribution in [0.4, 0.5) is 0 Å². The van der Waals surface area contributed by atoms with Crippen molar-refractivity contribution in [3.05, 3.63) is 71.8 Å². The molecule has 2 heteroatoms. The second-order valence-electron chi connectivity index (χ2n) is 4.27. The number of hydrogen-bond donors (Lipinski definition) is 1. The molecule has 92 valence electrons. The Balaban J connectivity index is 1.93. The van der Waals surface area contributed by atoms with Gasteiger partial charge in [0.25, 0.3) is 0 Å². The number of carbonyl (C=O) groups excluding carboxylic acids is 1. The Hall–Kier alpha value is -1.93. The molecule has 0 aliphatic rings. The van der Waals surface area contributed by atoms with Crippen molar-refractivity contribution in [2.75, 3.05) is 0 Å². The third kappa shape index (κ3) is 3.28. The molecule has 0 amide bonds. The van der Waals surface area contributed by atoms with Crippen molar-refractivity contribution in [2.45, 2.75) is 18.9 Å². The van der Waals surface area contributed by atoms with Gasteiger partial charge >= 0.3 is 0 Å². The number of ketones is 1. The van der Waals surface area contributed by atoms with Crippen molar-refractivity contribution in [3.8, 4) is 0 Å². The first-order valence-electron chi connectivity index (χ1n) is 6.07. The zero-order valence-corrected chi connectivity index (χ0v) is 10.1. The largest absolute Gasteiger partial charge is 0.381 e. The highest BCUT2D eigenvalue weighted by molar-refractivity contribution is 5.84. The van der Waals surface area contributed by atoms with Crippen LogP contribution in [0, 0.1) is 0 Å². The van der Waals surface area contributed by atoms with E-state index in [9.17, 15) is 9.90 Å². The third-order valence-electron chi connectivity index (χ3n) is 2.92. The molecule has 0 radical (unpaired) electrons. The summed E-state index contributed by atoms with van der Waals surface area (Å²) in [6.45, 7) is 0. The molecule has 2 rings (SSSR count). The lowest BCUT2D eigenvalue weighted by molar-refractivity contribution is -0.127. The molecular formula is C16H16O2. The Kier molecular flexibility index (Phi) is 4.26. The monoisotopic (exact) mass is 240 g/mol. The van der Waals surface area contributed by atoms with Gasteiger partial charge in [-0.15, -0.1) is 0 Å². The van der Waals surface area contributed by atoms with Gasteiger partial charge in [0.2, 0.25) is 0 Å². The summed E-state index contributed by atoms with van der Waals surface area (Å²) in [6.07, 6.45) is 0.0267. The lowest BCUT2D eigenvalue weighted by Crippen LogP contribution is -2.12. The summed E-state index contributed by atoms with van der Waals surface area (Å²) in [5.41, 5.74) is 1.78. The number of aryl methyl sites for hydroxylation is 1. The van der Waals surface area contributed by atoms with Gasteiger partial charge in [-0.1, -0.05) is 60.7 Å². The Labute approximate surface area is 107 Å². The molecule has 0 fully saturated rings. The fourth-order valence-electron chi connectivity index (χ4n) is 1.87. The zero-order chi connectivity index (χ0) is 12.8. The van der Waals surface area contributed by atoms with Gasteiger partial charge < -0.3 is 5.11 Å². The van der Waals surface area contributed by atoms with E-state index in [1.165, 1.54) is 0 Å². The highest BCUT2D eigenvalue weighted by Crippen LogP contribution is 2.16. The van der Waals surface area contributed by atoms with Crippen LogP contribution < -0.4 is 0 Å². The smallest absolute Gasteiger partial charge is 0.166 e. The van der Waals surface area contributed by atoms with E-state index in [1.54, 1.807) is 12.1 Å². The van der Waals surface area contributed by atoms with Gasteiger partial charge in [0.05, 0.1) is 0 Å². The lowest BCUT2D eigenvalue weighted by atomic mass is 10.0. The van der Waals surface area contributed by atoms with Crippen molar-refractivity contribution >= 4 is 5.78 Å². The maximum Gasteiger partial charge on any atom is 0.166 e. The second kappa shape index (κ2) is 6.12. The first-order valence-corrected chi connectivity index (χ1v) is 6.07. The topological polar surface area (TPSA) is 37.3 Å². The minimum absolute atomic E-state index is 0.134. The predicted molar refractivity (Wildman–Crippen MR) is 71.2 cm³/mol. The van der Waals surface area contributed by atoms with E-state index in [-0.39, 0.29) is 5.78 Å². The number of benzene rings is 2. The molecule has 0 aliphatic heterocycles. The molecule has 18 heavy (non-hydrogen) atoms. The summed E-state index contributed by atoms with van der Waals surface area (Å²) >= 11 is 0. The van der Waals surface area contributed by atoms with Crippen LogP contribution in [0.3, 0.4) is 0 Å². The molecule has 2 aromatic rings. The van der Waals surface area contributed by atoms with Gasteiger partial charge in [-0.3, -0.25) is 4.79 Å². The van der Waals surface area contributed by atoms with Crippen molar-refractivity contribution in [1.29, 1.82) is 0 Å². The Bertz CT molecular complexity index is 491. The average molecular weight is 240 g/mol. The molecule has 2 nitrogen and oxygen atoms in total. The van der Waals surface area contributed by atoms with Crippen molar-refractivity contribution in [3.63, 3.8) is 0 Å². The first kappa shape index (κ1) is 12.5. The van der Waals surface area contributed by atoms with E-state index in [0.717, 1.165) is 5.56 Å². The number of carbonyl (C=O) groups is 1. The fourth-order valence-corrected chi connectivity index (χ4v) is 1.87. The van der Waals surface area contributed by atoms with E-state index in [4.69, 9.17) is 0 Å². The van der Waals surface area contributed by atoms with Gasteiger partial charge in [0.15, 0.2) is 5.78 Å². The fraction of sp³-hybridized carbons (Fsp3) is 0.188.